The first-order chi connectivity index (χ1) is 11.7. The molecule has 0 amide bonds. The van der Waals surface area contributed by atoms with E-state index in [1.54, 1.807) is 0 Å². The number of hydrogen-bond donors (Lipinski definition) is 4. The smallest absolute Gasteiger partial charge is 0.196 e. The van der Waals surface area contributed by atoms with Crippen LogP contribution in [-0.4, -0.2) is 5.84 Å². The van der Waals surface area contributed by atoms with Gasteiger partial charge in [-0.25, -0.2) is 5.48 Å². The van der Waals surface area contributed by atoms with Gasteiger partial charge in [0.25, 0.3) is 0 Å². The zero-order valence-electron chi connectivity index (χ0n) is 13.2. The average Bonchev–Trinajstić information content (AvgIpc) is 3.03. The number of nitrogens with two attached hydrogens (primary N) is 1. The van der Waals surface area contributed by atoms with Crippen LogP contribution in [0.5, 0.6) is 0 Å². The molecule has 3 rings (SSSR count). The zero-order valence-corrected chi connectivity index (χ0v) is 13.2. The Morgan fingerprint density at radius 1 is 1.17 bits per heavy atom. The summed E-state index contributed by atoms with van der Waals surface area (Å²) in [4.78, 5) is 10.4. The molecule has 0 atom stereocenters. The molecule has 0 aromatic heterocycles. The summed E-state index contributed by atoms with van der Waals surface area (Å²) >= 11 is 0. The number of hydroxylamine groups is 2. The van der Waals surface area contributed by atoms with E-state index in [9.17, 15) is 0 Å². The van der Waals surface area contributed by atoms with Crippen molar-refractivity contribution in [1.29, 1.82) is 0 Å². The Hall–Kier alpha value is -3.19. The first-order valence-electron chi connectivity index (χ1n) is 7.48. The summed E-state index contributed by atoms with van der Waals surface area (Å²) in [5.74, 6) is 0.731. The molecule has 0 radical (unpaired) electrons. The zero-order chi connectivity index (χ0) is 16.8. The summed E-state index contributed by atoms with van der Waals surface area (Å²) in [5, 5.41) is 6.86. The van der Waals surface area contributed by atoms with Gasteiger partial charge in [0.1, 0.15) is 0 Å². The predicted molar refractivity (Wildman–Crippen MR) is 92.0 cm³/mol. The molecule has 0 aliphatic carbocycles. The van der Waals surface area contributed by atoms with Gasteiger partial charge >= 0.3 is 0 Å². The second-order valence-electron chi connectivity index (χ2n) is 5.29. The lowest BCUT2D eigenvalue weighted by molar-refractivity contribution is 0.0460. The number of benzene rings is 2. The van der Waals surface area contributed by atoms with E-state index in [2.05, 4.69) is 21.4 Å². The SMILES string of the molecule is Cc1ccc(NC(NOCc2ccccc2)=C2NON=C2N)cc1. The van der Waals surface area contributed by atoms with Crippen molar-refractivity contribution in [3.05, 3.63) is 77.2 Å². The highest BCUT2D eigenvalue weighted by atomic mass is 16.8. The quantitative estimate of drug-likeness (QED) is 0.608. The summed E-state index contributed by atoms with van der Waals surface area (Å²) in [5.41, 5.74) is 14.9. The van der Waals surface area contributed by atoms with Crippen LogP contribution in [0.4, 0.5) is 5.69 Å². The Labute approximate surface area is 140 Å². The van der Waals surface area contributed by atoms with Crippen molar-refractivity contribution in [2.45, 2.75) is 13.5 Å². The van der Waals surface area contributed by atoms with Crippen molar-refractivity contribution in [1.82, 2.24) is 11.0 Å². The Morgan fingerprint density at radius 3 is 2.58 bits per heavy atom. The summed E-state index contributed by atoms with van der Waals surface area (Å²) < 4.78 is 0. The average molecular weight is 325 g/mol. The van der Waals surface area contributed by atoms with E-state index in [0.717, 1.165) is 11.3 Å². The van der Waals surface area contributed by atoms with Crippen LogP contribution in [0.15, 0.2) is 71.3 Å². The van der Waals surface area contributed by atoms with Crippen LogP contribution in [0.2, 0.25) is 0 Å². The van der Waals surface area contributed by atoms with Gasteiger partial charge in [-0.15, -0.1) is 0 Å². The summed E-state index contributed by atoms with van der Waals surface area (Å²) in [7, 11) is 0. The minimum Gasteiger partial charge on any atom is -0.379 e. The first kappa shape index (κ1) is 15.7. The Balaban J connectivity index is 1.71. The number of nitrogens with one attached hydrogen (secondary N) is 3. The molecular formula is C17H19N5O2. The van der Waals surface area contributed by atoms with Crippen molar-refractivity contribution >= 4 is 11.5 Å². The van der Waals surface area contributed by atoms with E-state index in [1.807, 2.05) is 61.5 Å². The lowest BCUT2D eigenvalue weighted by atomic mass is 10.2. The molecule has 124 valence electrons. The molecule has 1 heterocycles. The molecule has 0 saturated heterocycles. The molecule has 0 spiro atoms. The van der Waals surface area contributed by atoms with Crippen LogP contribution in [0.1, 0.15) is 11.1 Å². The predicted octanol–water partition coefficient (Wildman–Crippen LogP) is 2.10. The van der Waals surface area contributed by atoms with Gasteiger partial charge in [0.2, 0.25) is 0 Å². The number of aryl methyl sites for hydroxylation is 1. The van der Waals surface area contributed by atoms with Crippen molar-refractivity contribution in [2.24, 2.45) is 10.9 Å². The van der Waals surface area contributed by atoms with Crippen LogP contribution < -0.4 is 22.0 Å². The first-order valence-corrected chi connectivity index (χ1v) is 7.48. The molecule has 7 heteroatoms. The molecule has 24 heavy (non-hydrogen) atoms. The van der Waals surface area contributed by atoms with E-state index < -0.39 is 0 Å². The second-order valence-corrected chi connectivity index (χ2v) is 5.29. The van der Waals surface area contributed by atoms with Gasteiger partial charge in [-0.05, 0) is 29.8 Å². The largest absolute Gasteiger partial charge is 0.379 e. The Kier molecular flexibility index (Phi) is 4.83. The number of oxime groups is 1. The van der Waals surface area contributed by atoms with Crippen LogP contribution >= 0.6 is 0 Å². The molecular weight excluding hydrogens is 306 g/mol. The molecule has 1 aliphatic heterocycles. The number of nitrogens with zero attached hydrogens (tertiary/aromatic N) is 1. The molecule has 0 unspecified atom stereocenters. The fourth-order valence-electron chi connectivity index (χ4n) is 2.08. The lowest BCUT2D eigenvalue weighted by Crippen LogP contribution is -2.30. The van der Waals surface area contributed by atoms with E-state index in [1.165, 1.54) is 5.56 Å². The highest BCUT2D eigenvalue weighted by Gasteiger charge is 2.18. The summed E-state index contributed by atoms with van der Waals surface area (Å²) in [6.45, 7) is 2.42. The van der Waals surface area contributed by atoms with Crippen LogP contribution in [0.25, 0.3) is 0 Å². The van der Waals surface area contributed by atoms with Gasteiger partial charge in [0, 0.05) is 5.69 Å². The molecule has 0 bridgehead atoms. The van der Waals surface area contributed by atoms with E-state index in [4.69, 9.17) is 15.5 Å². The van der Waals surface area contributed by atoms with Gasteiger partial charge in [-0.2, -0.15) is 5.48 Å². The maximum absolute atomic E-state index is 5.81. The number of amidine groups is 1. The Morgan fingerprint density at radius 2 is 1.92 bits per heavy atom. The monoisotopic (exact) mass is 325 g/mol. The molecule has 2 aromatic rings. The Bertz CT molecular complexity index is 741. The molecule has 2 aromatic carbocycles. The van der Waals surface area contributed by atoms with Crippen molar-refractivity contribution in [3.8, 4) is 0 Å². The van der Waals surface area contributed by atoms with Crippen LogP contribution in [0.3, 0.4) is 0 Å². The molecule has 1 aliphatic rings. The summed E-state index contributed by atoms with van der Waals surface area (Å²) in [6.07, 6.45) is 0. The van der Waals surface area contributed by atoms with Crippen molar-refractivity contribution in [2.75, 3.05) is 5.32 Å². The number of hydrogen-bond acceptors (Lipinski definition) is 7. The second kappa shape index (κ2) is 7.38. The van der Waals surface area contributed by atoms with Gasteiger partial charge in [-0.3, -0.25) is 9.78 Å². The minimum atomic E-state index is 0.223. The topological polar surface area (TPSA) is 92.9 Å². The normalized spacial score (nSPS) is 15.1. The third-order valence-electron chi connectivity index (χ3n) is 3.37. The van der Waals surface area contributed by atoms with Crippen LogP contribution in [-0.2, 0) is 16.4 Å². The van der Waals surface area contributed by atoms with Crippen LogP contribution in [0, 0.1) is 6.92 Å². The molecule has 0 saturated carbocycles. The van der Waals surface area contributed by atoms with Crippen molar-refractivity contribution in [3.63, 3.8) is 0 Å². The number of anilines is 1. The highest BCUT2D eigenvalue weighted by molar-refractivity contribution is 5.97. The third-order valence-corrected chi connectivity index (χ3v) is 3.37. The minimum absolute atomic E-state index is 0.223. The maximum Gasteiger partial charge on any atom is 0.196 e. The van der Waals surface area contributed by atoms with Crippen molar-refractivity contribution < 1.29 is 9.78 Å². The van der Waals surface area contributed by atoms with Gasteiger partial charge in [0.05, 0.1) is 6.61 Å². The van der Waals surface area contributed by atoms with Gasteiger partial charge < -0.3 is 11.1 Å². The van der Waals surface area contributed by atoms with E-state index in [0.29, 0.717) is 18.1 Å². The maximum atomic E-state index is 5.81. The molecule has 5 N–H and O–H groups in total. The highest BCUT2D eigenvalue weighted by Crippen LogP contribution is 2.14. The third kappa shape index (κ3) is 3.96. The number of rotatable bonds is 6. The van der Waals surface area contributed by atoms with Gasteiger partial charge in [0.15, 0.2) is 17.4 Å². The standard InChI is InChI=1S/C17H19N5O2/c1-12-7-9-14(10-8-12)19-17(15-16(18)21-24-20-15)22-23-11-13-5-3-2-4-6-13/h2-10,19-20,22H,11H2,1H3,(H2,18,21). The van der Waals surface area contributed by atoms with Gasteiger partial charge in [-0.1, -0.05) is 48.0 Å². The summed E-state index contributed by atoms with van der Waals surface area (Å²) in [6, 6.07) is 17.8. The lowest BCUT2D eigenvalue weighted by Gasteiger charge is -2.15. The molecule has 0 fully saturated rings. The fourth-order valence-corrected chi connectivity index (χ4v) is 2.08. The van der Waals surface area contributed by atoms with E-state index >= 15 is 0 Å². The molecule has 7 nitrogen and oxygen atoms in total. The fraction of sp³-hybridized carbons (Fsp3) is 0.118. The van der Waals surface area contributed by atoms with E-state index in [-0.39, 0.29) is 5.84 Å².